The van der Waals surface area contributed by atoms with Gasteiger partial charge in [0.15, 0.2) is 11.4 Å². The van der Waals surface area contributed by atoms with Gasteiger partial charge in [0.05, 0.1) is 6.61 Å². The van der Waals surface area contributed by atoms with Gasteiger partial charge >= 0.3 is 6.16 Å². The number of carbonyl (C=O) groups is 2. The monoisotopic (exact) mass is 430 g/mol. The first-order valence-corrected chi connectivity index (χ1v) is 11.8. The van der Waals surface area contributed by atoms with Gasteiger partial charge in [-0.05, 0) is 81.1 Å². The fraction of sp³-hybridized carbons (Fsp3) is 0.760. The quantitative estimate of drug-likeness (QED) is 0.513. The Hall–Kier alpha value is -1.84. The highest BCUT2D eigenvalue weighted by molar-refractivity contribution is 5.91. The van der Waals surface area contributed by atoms with E-state index >= 15 is 0 Å². The predicted molar refractivity (Wildman–Crippen MR) is 114 cm³/mol. The van der Waals surface area contributed by atoms with Crippen LogP contribution in [0, 0.1) is 41.4 Å². The molecule has 0 aromatic rings. The molecule has 0 saturated heterocycles. The number of ketones is 1. The van der Waals surface area contributed by atoms with Gasteiger partial charge in [-0.15, -0.1) is 6.42 Å². The SMILES string of the molecule is C#CC1(OC(=O)OCC(O)CO)CC[C@H]2[C@@H]3CCC4=CC(=O)CC[C@@H]4[C@H]3CCC21CC. The second kappa shape index (κ2) is 8.60. The minimum atomic E-state index is -1.13. The second-order valence-electron chi connectivity index (χ2n) is 9.86. The molecule has 3 saturated carbocycles. The summed E-state index contributed by atoms with van der Waals surface area (Å²) < 4.78 is 10.9. The van der Waals surface area contributed by atoms with Gasteiger partial charge in [-0.25, -0.2) is 4.79 Å². The van der Waals surface area contributed by atoms with Gasteiger partial charge in [0.25, 0.3) is 0 Å². The van der Waals surface area contributed by atoms with Crippen LogP contribution in [0.3, 0.4) is 0 Å². The minimum Gasteiger partial charge on any atom is -0.431 e. The first-order chi connectivity index (χ1) is 14.9. The lowest BCUT2D eigenvalue weighted by Crippen LogP contribution is -2.55. The number of ether oxygens (including phenoxy) is 2. The Balaban J connectivity index is 1.55. The van der Waals surface area contributed by atoms with Gasteiger partial charge in [0.1, 0.15) is 12.7 Å². The Bertz CT molecular complexity index is 796. The smallest absolute Gasteiger partial charge is 0.431 e. The van der Waals surface area contributed by atoms with Crippen molar-refractivity contribution in [1.82, 2.24) is 0 Å². The first kappa shape index (κ1) is 22.4. The van der Waals surface area contributed by atoms with Crippen molar-refractivity contribution in [2.45, 2.75) is 76.4 Å². The van der Waals surface area contributed by atoms with Crippen molar-refractivity contribution in [3.63, 3.8) is 0 Å². The van der Waals surface area contributed by atoms with Crippen LogP contribution in [0.25, 0.3) is 0 Å². The maximum absolute atomic E-state index is 12.4. The van der Waals surface area contributed by atoms with E-state index in [1.54, 1.807) is 0 Å². The lowest BCUT2D eigenvalue weighted by Gasteiger charge is -2.56. The number of terminal acetylenes is 1. The average molecular weight is 431 g/mol. The molecule has 170 valence electrons. The number of aliphatic hydroxyl groups is 2. The second-order valence-corrected chi connectivity index (χ2v) is 9.86. The number of hydrogen-bond acceptors (Lipinski definition) is 6. The highest BCUT2D eigenvalue weighted by Crippen LogP contribution is 2.67. The van der Waals surface area contributed by atoms with Gasteiger partial charge in [-0.1, -0.05) is 18.4 Å². The van der Waals surface area contributed by atoms with E-state index in [1.807, 2.05) is 6.08 Å². The third-order valence-corrected chi connectivity index (χ3v) is 8.85. The molecule has 0 bridgehead atoms. The maximum Gasteiger partial charge on any atom is 0.509 e. The van der Waals surface area contributed by atoms with E-state index in [0.29, 0.717) is 36.5 Å². The molecule has 0 aliphatic heterocycles. The molecule has 4 rings (SSSR count). The molecule has 0 aromatic heterocycles. The topological polar surface area (TPSA) is 93.1 Å². The Morgan fingerprint density at radius 3 is 2.77 bits per heavy atom. The summed E-state index contributed by atoms with van der Waals surface area (Å²) in [5, 5.41) is 18.4. The van der Waals surface area contributed by atoms with Crippen LogP contribution in [0.2, 0.25) is 0 Å². The Morgan fingerprint density at radius 1 is 1.26 bits per heavy atom. The van der Waals surface area contributed by atoms with Gasteiger partial charge in [0, 0.05) is 11.8 Å². The van der Waals surface area contributed by atoms with Crippen molar-refractivity contribution in [2.24, 2.45) is 29.1 Å². The molecule has 3 unspecified atom stereocenters. The van der Waals surface area contributed by atoms with Crippen LogP contribution >= 0.6 is 0 Å². The normalized spacial score (nSPS) is 39.9. The van der Waals surface area contributed by atoms with Gasteiger partial charge < -0.3 is 19.7 Å². The number of hydrogen-bond donors (Lipinski definition) is 2. The summed E-state index contributed by atoms with van der Waals surface area (Å²) in [7, 11) is 0. The third-order valence-electron chi connectivity index (χ3n) is 8.85. The molecule has 6 heteroatoms. The summed E-state index contributed by atoms with van der Waals surface area (Å²) in [4.78, 5) is 24.4. The van der Waals surface area contributed by atoms with E-state index in [4.69, 9.17) is 21.0 Å². The van der Waals surface area contributed by atoms with Crippen molar-refractivity contribution in [3.05, 3.63) is 11.6 Å². The Labute approximate surface area is 184 Å². The van der Waals surface area contributed by atoms with Crippen molar-refractivity contribution in [1.29, 1.82) is 0 Å². The molecule has 4 aliphatic carbocycles. The van der Waals surface area contributed by atoms with Crippen LogP contribution in [0.1, 0.15) is 64.7 Å². The van der Waals surface area contributed by atoms with E-state index in [9.17, 15) is 14.7 Å². The molecule has 31 heavy (non-hydrogen) atoms. The van der Waals surface area contributed by atoms with E-state index < -0.39 is 24.5 Å². The molecule has 4 aliphatic rings. The molecule has 0 aromatic carbocycles. The number of fused-ring (bicyclic) bond motifs is 5. The molecule has 0 heterocycles. The summed E-state index contributed by atoms with van der Waals surface area (Å²) in [6, 6.07) is 0. The molecule has 7 atom stereocenters. The highest BCUT2D eigenvalue weighted by Gasteiger charge is 2.66. The summed E-state index contributed by atoms with van der Waals surface area (Å²) >= 11 is 0. The molecule has 0 spiro atoms. The molecular weight excluding hydrogens is 396 g/mol. The lowest BCUT2D eigenvalue weighted by molar-refractivity contribution is -0.122. The molecule has 0 radical (unpaired) electrons. The van der Waals surface area contributed by atoms with E-state index in [-0.39, 0.29) is 17.8 Å². The summed E-state index contributed by atoms with van der Waals surface area (Å²) in [6.07, 6.45) is 13.9. The van der Waals surface area contributed by atoms with Gasteiger partial charge in [-0.3, -0.25) is 4.79 Å². The van der Waals surface area contributed by atoms with Gasteiger partial charge in [-0.2, -0.15) is 0 Å². The van der Waals surface area contributed by atoms with Crippen LogP contribution in [0.5, 0.6) is 0 Å². The van der Waals surface area contributed by atoms with Crippen molar-refractivity contribution in [3.8, 4) is 12.3 Å². The molecule has 3 fully saturated rings. The van der Waals surface area contributed by atoms with Crippen LogP contribution < -0.4 is 0 Å². The van der Waals surface area contributed by atoms with Crippen LogP contribution in [0.15, 0.2) is 11.6 Å². The summed E-state index contributed by atoms with van der Waals surface area (Å²) in [6.45, 7) is 1.34. The Morgan fingerprint density at radius 2 is 2.06 bits per heavy atom. The van der Waals surface area contributed by atoms with Crippen LogP contribution in [-0.2, 0) is 14.3 Å². The number of aliphatic hydroxyl groups excluding tert-OH is 2. The van der Waals surface area contributed by atoms with Crippen LogP contribution in [0.4, 0.5) is 4.79 Å². The fourth-order valence-electron chi connectivity index (χ4n) is 7.51. The van der Waals surface area contributed by atoms with Crippen molar-refractivity contribution >= 4 is 11.9 Å². The third kappa shape index (κ3) is 3.60. The van der Waals surface area contributed by atoms with E-state index in [0.717, 1.165) is 44.9 Å². The van der Waals surface area contributed by atoms with Crippen molar-refractivity contribution in [2.75, 3.05) is 13.2 Å². The lowest BCUT2D eigenvalue weighted by atomic mass is 9.49. The molecule has 0 amide bonds. The molecule has 6 nitrogen and oxygen atoms in total. The fourth-order valence-corrected chi connectivity index (χ4v) is 7.51. The number of rotatable bonds is 5. The minimum absolute atomic E-state index is 0.272. The van der Waals surface area contributed by atoms with Gasteiger partial charge in [0.2, 0.25) is 0 Å². The molecular formula is C25H34O6. The summed E-state index contributed by atoms with van der Waals surface area (Å²) in [5.74, 6) is 5.16. The number of carbonyl (C=O) groups excluding carboxylic acids is 2. The molecule has 2 N–H and O–H groups in total. The zero-order chi connectivity index (χ0) is 22.2. The average Bonchev–Trinajstić information content (AvgIpc) is 3.11. The zero-order valence-electron chi connectivity index (χ0n) is 18.3. The predicted octanol–water partition coefficient (Wildman–Crippen LogP) is 3.40. The van der Waals surface area contributed by atoms with Crippen LogP contribution in [-0.4, -0.2) is 47.1 Å². The maximum atomic E-state index is 12.4. The standard InChI is InChI=1S/C25H34O6/c1-3-24-11-9-20-19-8-6-17(27)13-16(19)5-7-21(20)22(24)10-12-25(24,4-2)31-23(29)30-15-18(28)14-26/h2,13,18-22,26,28H,3,5-12,14-15H2,1H3/t18?,19-,20+,21+,22-,24?,25?/m0/s1. The summed E-state index contributed by atoms with van der Waals surface area (Å²) in [5.41, 5.74) is 0.0746. The Kier molecular flexibility index (Phi) is 6.20. The van der Waals surface area contributed by atoms with E-state index in [2.05, 4.69) is 12.8 Å². The number of allylic oxidation sites excluding steroid dienone is 1. The highest BCUT2D eigenvalue weighted by atomic mass is 16.7. The van der Waals surface area contributed by atoms with Crippen molar-refractivity contribution < 1.29 is 29.3 Å². The van der Waals surface area contributed by atoms with E-state index in [1.165, 1.54) is 5.57 Å². The largest absolute Gasteiger partial charge is 0.509 e. The first-order valence-electron chi connectivity index (χ1n) is 11.8. The zero-order valence-corrected chi connectivity index (χ0v) is 18.3.